The van der Waals surface area contributed by atoms with Gasteiger partial charge in [-0.1, -0.05) is 6.07 Å². The number of thiophene rings is 1. The quantitative estimate of drug-likeness (QED) is 0.742. The fourth-order valence-corrected chi connectivity index (χ4v) is 2.84. The molecule has 0 unspecified atom stereocenters. The second kappa shape index (κ2) is 4.82. The second-order valence-corrected chi connectivity index (χ2v) is 5.13. The minimum absolute atomic E-state index is 0.0703. The highest BCUT2D eigenvalue weighted by atomic mass is 32.2. The molecule has 0 spiro atoms. The number of hydrogen-bond acceptors (Lipinski definition) is 4. The van der Waals surface area contributed by atoms with Gasteiger partial charge < -0.3 is 0 Å². The van der Waals surface area contributed by atoms with E-state index in [1.165, 1.54) is 9.27 Å². The molecule has 1 aliphatic heterocycles. The molecular weight excluding hydrogens is 218 g/mol. The van der Waals surface area contributed by atoms with Gasteiger partial charge in [-0.15, -0.1) is 23.1 Å². The van der Waals surface area contributed by atoms with Gasteiger partial charge in [0.05, 0.1) is 23.1 Å². The third kappa shape index (κ3) is 2.50. The predicted octanol–water partition coefficient (Wildman–Crippen LogP) is 2.00. The van der Waals surface area contributed by atoms with Crippen molar-refractivity contribution in [2.75, 3.05) is 18.9 Å². The summed E-state index contributed by atoms with van der Waals surface area (Å²) in [5.41, 5.74) is 0. The molecule has 0 saturated carbocycles. The van der Waals surface area contributed by atoms with Crippen LogP contribution in [0.1, 0.15) is 6.42 Å². The number of carbonyl (C=O) groups is 1. The van der Waals surface area contributed by atoms with E-state index in [0.29, 0.717) is 12.4 Å². The third-order valence-electron chi connectivity index (χ3n) is 1.86. The van der Waals surface area contributed by atoms with Crippen molar-refractivity contribution in [2.24, 2.45) is 0 Å². The van der Waals surface area contributed by atoms with E-state index in [9.17, 15) is 4.79 Å². The van der Waals surface area contributed by atoms with Gasteiger partial charge in [-0.2, -0.15) is 0 Å². The molecule has 0 radical (unpaired) electrons. The molecule has 0 aromatic carbocycles. The molecule has 0 atom stereocenters. The topological polar surface area (TPSA) is 29.5 Å². The van der Waals surface area contributed by atoms with Crippen LogP contribution in [0.25, 0.3) is 0 Å². The van der Waals surface area contributed by atoms with Gasteiger partial charge in [-0.3, -0.25) is 9.63 Å². The number of nitrogens with zero attached hydrogens (tertiary/aromatic N) is 1. The molecule has 1 fully saturated rings. The van der Waals surface area contributed by atoms with Gasteiger partial charge >= 0.3 is 0 Å². The van der Waals surface area contributed by atoms with Gasteiger partial charge in [0.15, 0.2) is 0 Å². The van der Waals surface area contributed by atoms with E-state index in [1.54, 1.807) is 23.1 Å². The van der Waals surface area contributed by atoms with E-state index >= 15 is 0 Å². The highest BCUT2D eigenvalue weighted by Gasteiger charge is 2.18. The van der Waals surface area contributed by atoms with Gasteiger partial charge in [0.1, 0.15) is 0 Å². The van der Waals surface area contributed by atoms with Crippen LogP contribution in [0.15, 0.2) is 21.7 Å². The normalized spacial score (nSPS) is 16.1. The zero-order chi connectivity index (χ0) is 9.80. The lowest BCUT2D eigenvalue weighted by Gasteiger charge is -2.12. The van der Waals surface area contributed by atoms with Crippen LogP contribution in [0.5, 0.6) is 0 Å². The first-order valence-electron chi connectivity index (χ1n) is 4.46. The lowest BCUT2D eigenvalue weighted by molar-refractivity contribution is -0.165. The molecule has 1 aliphatic rings. The number of amides is 1. The minimum Gasteiger partial charge on any atom is -0.272 e. The molecule has 76 valence electrons. The molecule has 3 nitrogen and oxygen atoms in total. The summed E-state index contributed by atoms with van der Waals surface area (Å²) in [5.74, 6) is 0.543. The summed E-state index contributed by atoms with van der Waals surface area (Å²) in [7, 11) is 0. The Bertz CT molecular complexity index is 294. The summed E-state index contributed by atoms with van der Waals surface area (Å²) in [4.78, 5) is 16.7. The maximum atomic E-state index is 11.5. The molecule has 14 heavy (non-hydrogen) atoms. The number of hydrogen-bond donors (Lipinski definition) is 0. The largest absolute Gasteiger partial charge is 0.272 e. The van der Waals surface area contributed by atoms with E-state index < -0.39 is 0 Å². The molecule has 2 heterocycles. The van der Waals surface area contributed by atoms with Crippen LogP contribution in [0.2, 0.25) is 0 Å². The maximum absolute atomic E-state index is 11.5. The Morgan fingerprint density at radius 3 is 3.29 bits per heavy atom. The van der Waals surface area contributed by atoms with Crippen LogP contribution in [-0.2, 0) is 9.63 Å². The van der Waals surface area contributed by atoms with Gasteiger partial charge in [-0.25, -0.2) is 5.06 Å². The standard InChI is InChI=1S/C9H11NO2S2/c11-8(10-4-2-5-12-10)7-14-9-3-1-6-13-9/h1,3,6H,2,4-5,7H2. The first kappa shape index (κ1) is 10.0. The Morgan fingerprint density at radius 2 is 2.64 bits per heavy atom. The Kier molecular flexibility index (Phi) is 3.44. The summed E-state index contributed by atoms with van der Waals surface area (Å²) in [6.45, 7) is 1.42. The predicted molar refractivity (Wildman–Crippen MR) is 57.3 cm³/mol. The molecule has 5 heteroatoms. The van der Waals surface area contributed by atoms with E-state index in [1.807, 2.05) is 17.5 Å². The van der Waals surface area contributed by atoms with Gasteiger partial charge in [0.25, 0.3) is 5.91 Å². The van der Waals surface area contributed by atoms with Crippen LogP contribution in [0.4, 0.5) is 0 Å². The first-order valence-corrected chi connectivity index (χ1v) is 6.32. The van der Waals surface area contributed by atoms with Crippen molar-refractivity contribution >= 4 is 29.0 Å². The Morgan fingerprint density at radius 1 is 1.71 bits per heavy atom. The zero-order valence-corrected chi connectivity index (χ0v) is 9.27. The smallest absolute Gasteiger partial charge is 0.256 e. The SMILES string of the molecule is O=C(CSc1cccs1)N1CCCO1. The van der Waals surface area contributed by atoms with Crippen LogP contribution < -0.4 is 0 Å². The van der Waals surface area contributed by atoms with Crippen LogP contribution in [-0.4, -0.2) is 29.9 Å². The average molecular weight is 229 g/mol. The highest BCUT2D eigenvalue weighted by Crippen LogP contribution is 2.23. The van der Waals surface area contributed by atoms with Crippen molar-refractivity contribution in [1.82, 2.24) is 5.06 Å². The molecule has 1 aromatic rings. The molecule has 0 bridgehead atoms. The van der Waals surface area contributed by atoms with Crippen molar-refractivity contribution in [2.45, 2.75) is 10.6 Å². The molecule has 0 aliphatic carbocycles. The Balaban J connectivity index is 1.77. The van der Waals surface area contributed by atoms with Crippen LogP contribution in [0.3, 0.4) is 0 Å². The maximum Gasteiger partial charge on any atom is 0.256 e. The fraction of sp³-hybridized carbons (Fsp3) is 0.444. The number of carbonyl (C=O) groups excluding carboxylic acids is 1. The molecule has 1 aromatic heterocycles. The zero-order valence-electron chi connectivity index (χ0n) is 7.64. The lowest BCUT2D eigenvalue weighted by atomic mass is 10.5. The number of thioether (sulfide) groups is 1. The van der Waals surface area contributed by atoms with E-state index in [-0.39, 0.29) is 5.91 Å². The molecule has 1 amide bonds. The van der Waals surface area contributed by atoms with Crippen molar-refractivity contribution in [1.29, 1.82) is 0 Å². The van der Waals surface area contributed by atoms with Crippen molar-refractivity contribution in [3.8, 4) is 0 Å². The average Bonchev–Trinajstić information content (AvgIpc) is 2.87. The Labute approximate surface area is 91.0 Å². The summed E-state index contributed by atoms with van der Waals surface area (Å²) in [6.07, 6.45) is 0.954. The first-order chi connectivity index (χ1) is 6.86. The minimum atomic E-state index is 0.0703. The molecular formula is C9H11NO2S2. The summed E-state index contributed by atoms with van der Waals surface area (Å²) < 4.78 is 1.18. The van der Waals surface area contributed by atoms with Gasteiger partial charge in [0.2, 0.25) is 0 Å². The molecule has 1 saturated heterocycles. The highest BCUT2D eigenvalue weighted by molar-refractivity contribution is 8.01. The molecule has 2 rings (SSSR count). The van der Waals surface area contributed by atoms with Crippen molar-refractivity contribution < 1.29 is 9.63 Å². The summed E-state index contributed by atoms with van der Waals surface area (Å²) in [5, 5.41) is 3.49. The summed E-state index contributed by atoms with van der Waals surface area (Å²) in [6, 6.07) is 4.01. The monoisotopic (exact) mass is 229 g/mol. The van der Waals surface area contributed by atoms with Crippen LogP contribution >= 0.6 is 23.1 Å². The third-order valence-corrected chi connectivity index (χ3v) is 3.98. The van der Waals surface area contributed by atoms with E-state index in [4.69, 9.17) is 4.84 Å². The summed E-state index contributed by atoms with van der Waals surface area (Å²) >= 11 is 3.23. The van der Waals surface area contributed by atoms with E-state index in [0.717, 1.165) is 13.0 Å². The van der Waals surface area contributed by atoms with Gasteiger partial charge in [-0.05, 0) is 17.9 Å². The second-order valence-electron chi connectivity index (χ2n) is 2.90. The van der Waals surface area contributed by atoms with Gasteiger partial charge in [0, 0.05) is 0 Å². The Hall–Kier alpha value is -0.520. The van der Waals surface area contributed by atoms with E-state index in [2.05, 4.69) is 0 Å². The van der Waals surface area contributed by atoms with Crippen molar-refractivity contribution in [3.05, 3.63) is 17.5 Å². The van der Waals surface area contributed by atoms with Crippen molar-refractivity contribution in [3.63, 3.8) is 0 Å². The lowest BCUT2D eigenvalue weighted by Crippen LogP contribution is -2.27. The van der Waals surface area contributed by atoms with Crippen LogP contribution in [0, 0.1) is 0 Å². The molecule has 0 N–H and O–H groups in total. The number of rotatable bonds is 3. The fourth-order valence-electron chi connectivity index (χ4n) is 1.19. The number of hydroxylamine groups is 2.